The molecule has 0 heterocycles. The van der Waals surface area contributed by atoms with E-state index in [1.54, 1.807) is 12.1 Å². The first-order valence-corrected chi connectivity index (χ1v) is 6.87. The molecule has 0 fully saturated rings. The minimum absolute atomic E-state index is 0.227. The van der Waals surface area contributed by atoms with Crippen LogP contribution in [0.3, 0.4) is 0 Å². The first-order valence-electron chi connectivity index (χ1n) is 6.11. The van der Waals surface area contributed by atoms with E-state index in [2.05, 4.69) is 5.32 Å². The number of halogens is 2. The zero-order valence-electron chi connectivity index (χ0n) is 10.6. The van der Waals surface area contributed by atoms with Crippen LogP contribution in [0.5, 0.6) is 0 Å². The molecule has 0 aliphatic heterocycles. The molecule has 2 rings (SSSR count). The summed E-state index contributed by atoms with van der Waals surface area (Å²) in [5.74, 6) is -0.227. The summed E-state index contributed by atoms with van der Waals surface area (Å²) >= 11 is 11.7. The van der Waals surface area contributed by atoms with Crippen LogP contribution >= 0.6 is 23.2 Å². The van der Waals surface area contributed by atoms with Crippen LogP contribution in [0.4, 0.5) is 0 Å². The van der Waals surface area contributed by atoms with E-state index < -0.39 is 0 Å². The molecule has 104 valence electrons. The molecular weight excluding hydrogens is 295 g/mol. The molecule has 2 aromatic rings. The largest absolute Gasteiger partial charge is 0.350 e. The van der Waals surface area contributed by atoms with E-state index in [1.165, 1.54) is 6.07 Å². The third-order valence-corrected chi connectivity index (χ3v) is 3.63. The van der Waals surface area contributed by atoms with Gasteiger partial charge in [-0.2, -0.15) is 0 Å². The standard InChI is InChI=1S/C15H14Cl2N2O/c16-12-7-6-11(8-13(12)17)15(20)19-9-14(18)10-4-2-1-3-5-10/h1-8,14H,9,18H2,(H,19,20). The van der Waals surface area contributed by atoms with Gasteiger partial charge in [-0.25, -0.2) is 0 Å². The van der Waals surface area contributed by atoms with Crippen molar-refractivity contribution in [1.29, 1.82) is 0 Å². The molecule has 0 saturated carbocycles. The zero-order valence-corrected chi connectivity index (χ0v) is 12.2. The lowest BCUT2D eigenvalue weighted by molar-refractivity contribution is 0.0951. The monoisotopic (exact) mass is 308 g/mol. The Morgan fingerprint density at radius 2 is 1.80 bits per heavy atom. The highest BCUT2D eigenvalue weighted by Gasteiger charge is 2.10. The number of nitrogens with one attached hydrogen (secondary N) is 1. The molecule has 3 N–H and O–H groups in total. The molecule has 0 saturated heterocycles. The molecule has 1 amide bonds. The van der Waals surface area contributed by atoms with Crippen molar-refractivity contribution in [1.82, 2.24) is 5.32 Å². The molecule has 0 aromatic heterocycles. The maximum absolute atomic E-state index is 12.0. The number of benzene rings is 2. The topological polar surface area (TPSA) is 55.1 Å². The van der Waals surface area contributed by atoms with Gasteiger partial charge in [0, 0.05) is 18.2 Å². The van der Waals surface area contributed by atoms with Crippen molar-refractivity contribution in [3.8, 4) is 0 Å². The van der Waals surface area contributed by atoms with Crippen molar-refractivity contribution in [3.63, 3.8) is 0 Å². The molecule has 0 radical (unpaired) electrons. The molecular formula is C15H14Cl2N2O. The number of hydrogen-bond donors (Lipinski definition) is 2. The van der Waals surface area contributed by atoms with Crippen LogP contribution in [-0.2, 0) is 0 Å². The normalized spacial score (nSPS) is 11.9. The summed E-state index contributed by atoms with van der Waals surface area (Å²) in [5, 5.41) is 3.55. The highest BCUT2D eigenvalue weighted by Crippen LogP contribution is 2.22. The van der Waals surface area contributed by atoms with Crippen molar-refractivity contribution < 1.29 is 4.79 Å². The second kappa shape index (κ2) is 6.75. The van der Waals surface area contributed by atoms with Gasteiger partial charge >= 0.3 is 0 Å². The van der Waals surface area contributed by atoms with Crippen molar-refractivity contribution in [2.75, 3.05) is 6.54 Å². The quantitative estimate of drug-likeness (QED) is 0.909. The SMILES string of the molecule is NC(CNC(=O)c1ccc(Cl)c(Cl)c1)c1ccccc1. The van der Waals surface area contributed by atoms with E-state index in [0.717, 1.165) is 5.56 Å². The third kappa shape index (κ3) is 3.73. The van der Waals surface area contributed by atoms with E-state index in [-0.39, 0.29) is 11.9 Å². The van der Waals surface area contributed by atoms with Gasteiger partial charge in [-0.05, 0) is 23.8 Å². The maximum atomic E-state index is 12.0. The Balaban J connectivity index is 1.97. The second-order valence-electron chi connectivity index (χ2n) is 4.36. The summed E-state index contributed by atoms with van der Waals surface area (Å²) in [4.78, 5) is 12.0. The van der Waals surface area contributed by atoms with Gasteiger partial charge in [-0.1, -0.05) is 53.5 Å². The molecule has 0 spiro atoms. The number of nitrogens with two attached hydrogens (primary N) is 1. The second-order valence-corrected chi connectivity index (χ2v) is 5.17. The fraction of sp³-hybridized carbons (Fsp3) is 0.133. The molecule has 20 heavy (non-hydrogen) atoms. The Morgan fingerprint density at radius 1 is 1.10 bits per heavy atom. The van der Waals surface area contributed by atoms with Gasteiger partial charge < -0.3 is 11.1 Å². The van der Waals surface area contributed by atoms with Crippen molar-refractivity contribution in [2.24, 2.45) is 5.73 Å². The van der Waals surface area contributed by atoms with Crippen molar-refractivity contribution >= 4 is 29.1 Å². The first kappa shape index (κ1) is 14.9. The fourth-order valence-electron chi connectivity index (χ4n) is 1.76. The van der Waals surface area contributed by atoms with Gasteiger partial charge in [0.2, 0.25) is 0 Å². The Labute approximate surface area is 127 Å². The lowest BCUT2D eigenvalue weighted by atomic mass is 10.1. The highest BCUT2D eigenvalue weighted by atomic mass is 35.5. The van der Waals surface area contributed by atoms with Gasteiger partial charge in [0.1, 0.15) is 0 Å². The predicted octanol–water partition coefficient (Wildman–Crippen LogP) is 3.42. The average Bonchev–Trinajstić information content (AvgIpc) is 2.48. The van der Waals surface area contributed by atoms with Crippen LogP contribution in [0.1, 0.15) is 22.0 Å². The Bertz CT molecular complexity index is 602. The van der Waals surface area contributed by atoms with E-state index >= 15 is 0 Å². The molecule has 0 aliphatic carbocycles. The lowest BCUT2D eigenvalue weighted by Crippen LogP contribution is -2.31. The van der Waals surface area contributed by atoms with Crippen LogP contribution in [0, 0.1) is 0 Å². The van der Waals surface area contributed by atoms with E-state index in [1.807, 2.05) is 30.3 Å². The van der Waals surface area contributed by atoms with Gasteiger partial charge in [-0.15, -0.1) is 0 Å². The van der Waals surface area contributed by atoms with E-state index in [4.69, 9.17) is 28.9 Å². The number of carbonyl (C=O) groups excluding carboxylic acids is 1. The summed E-state index contributed by atoms with van der Waals surface area (Å²) in [6.45, 7) is 0.350. The zero-order chi connectivity index (χ0) is 14.5. The Morgan fingerprint density at radius 3 is 2.45 bits per heavy atom. The number of carbonyl (C=O) groups is 1. The van der Waals surface area contributed by atoms with E-state index in [9.17, 15) is 4.79 Å². The lowest BCUT2D eigenvalue weighted by Gasteiger charge is -2.13. The average molecular weight is 309 g/mol. The van der Waals surface area contributed by atoms with Gasteiger partial charge in [0.25, 0.3) is 5.91 Å². The van der Waals surface area contributed by atoms with Gasteiger partial charge in [0.05, 0.1) is 10.0 Å². The summed E-state index contributed by atoms with van der Waals surface area (Å²) in [6.07, 6.45) is 0. The van der Waals surface area contributed by atoms with Crippen LogP contribution in [0.15, 0.2) is 48.5 Å². The Hall–Kier alpha value is -1.55. The maximum Gasteiger partial charge on any atom is 0.251 e. The highest BCUT2D eigenvalue weighted by molar-refractivity contribution is 6.42. The smallest absolute Gasteiger partial charge is 0.251 e. The van der Waals surface area contributed by atoms with Crippen LogP contribution < -0.4 is 11.1 Å². The number of hydrogen-bond acceptors (Lipinski definition) is 2. The third-order valence-electron chi connectivity index (χ3n) is 2.89. The summed E-state index contributed by atoms with van der Waals surface area (Å²) in [5.41, 5.74) is 7.45. The minimum Gasteiger partial charge on any atom is -0.350 e. The van der Waals surface area contributed by atoms with Crippen molar-refractivity contribution in [2.45, 2.75) is 6.04 Å². The number of rotatable bonds is 4. The molecule has 1 atom stereocenters. The van der Waals surface area contributed by atoms with Gasteiger partial charge in [0.15, 0.2) is 0 Å². The summed E-state index contributed by atoms with van der Waals surface area (Å²) < 4.78 is 0. The molecule has 1 unspecified atom stereocenters. The summed E-state index contributed by atoms with van der Waals surface area (Å²) in [6, 6.07) is 14.1. The molecule has 2 aromatic carbocycles. The van der Waals surface area contributed by atoms with Gasteiger partial charge in [-0.3, -0.25) is 4.79 Å². The Kier molecular flexibility index (Phi) is 5.01. The minimum atomic E-state index is -0.247. The number of amides is 1. The predicted molar refractivity (Wildman–Crippen MR) is 82.2 cm³/mol. The fourth-order valence-corrected chi connectivity index (χ4v) is 2.06. The van der Waals surface area contributed by atoms with Crippen LogP contribution in [0.2, 0.25) is 10.0 Å². The van der Waals surface area contributed by atoms with Crippen molar-refractivity contribution in [3.05, 3.63) is 69.7 Å². The van der Waals surface area contributed by atoms with Crippen LogP contribution in [0.25, 0.3) is 0 Å². The molecule has 0 bridgehead atoms. The first-order chi connectivity index (χ1) is 9.58. The van der Waals surface area contributed by atoms with Crippen LogP contribution in [-0.4, -0.2) is 12.5 Å². The summed E-state index contributed by atoms with van der Waals surface area (Å²) in [7, 11) is 0. The van der Waals surface area contributed by atoms with E-state index in [0.29, 0.717) is 22.2 Å². The molecule has 3 nitrogen and oxygen atoms in total. The molecule has 0 aliphatic rings. The molecule has 5 heteroatoms.